The van der Waals surface area contributed by atoms with Gasteiger partial charge in [0.05, 0.1) is 16.6 Å². The molecular formula is C24H24FN3O2S. The number of hydrogen-bond acceptors (Lipinski definition) is 3. The fourth-order valence-corrected chi connectivity index (χ4v) is 5.71. The second-order valence-electron chi connectivity index (χ2n) is 8.76. The fourth-order valence-electron chi connectivity index (χ4n) is 5.41. The number of H-pyrrole nitrogens is 1. The van der Waals surface area contributed by atoms with Gasteiger partial charge in [0.25, 0.3) is 11.5 Å². The van der Waals surface area contributed by atoms with Crippen LogP contribution in [0, 0.1) is 28.3 Å². The number of carbonyl (C=O) groups is 1. The number of halogens is 1. The minimum absolute atomic E-state index is 0.0800. The van der Waals surface area contributed by atoms with E-state index in [9.17, 15) is 14.0 Å². The van der Waals surface area contributed by atoms with Crippen LogP contribution in [0.5, 0.6) is 0 Å². The Morgan fingerprint density at radius 1 is 1.19 bits per heavy atom. The Hall–Kier alpha value is -2.80. The first-order valence-corrected chi connectivity index (χ1v) is 11.2. The van der Waals surface area contributed by atoms with Crippen LogP contribution in [-0.2, 0) is 0 Å². The van der Waals surface area contributed by atoms with Gasteiger partial charge < -0.3 is 10.3 Å². The largest absolute Gasteiger partial charge is 0.352 e. The Morgan fingerprint density at radius 2 is 2.03 bits per heavy atom. The zero-order chi connectivity index (χ0) is 21.5. The van der Waals surface area contributed by atoms with Crippen molar-refractivity contribution >= 4 is 29.0 Å². The van der Waals surface area contributed by atoms with E-state index in [2.05, 4.69) is 10.3 Å². The Labute approximate surface area is 184 Å². The molecule has 2 bridgehead atoms. The van der Waals surface area contributed by atoms with Gasteiger partial charge in [-0.2, -0.15) is 0 Å². The molecule has 1 amide bonds. The van der Waals surface area contributed by atoms with E-state index in [1.807, 2.05) is 0 Å². The summed E-state index contributed by atoms with van der Waals surface area (Å²) in [6, 6.07) is 10.8. The molecule has 0 saturated heterocycles. The van der Waals surface area contributed by atoms with Crippen molar-refractivity contribution in [2.75, 3.05) is 6.54 Å². The maximum atomic E-state index is 14.2. The van der Waals surface area contributed by atoms with Crippen LogP contribution < -0.4 is 10.9 Å². The van der Waals surface area contributed by atoms with Crippen molar-refractivity contribution in [1.29, 1.82) is 0 Å². The van der Waals surface area contributed by atoms with Gasteiger partial charge in [-0.1, -0.05) is 18.6 Å². The molecule has 0 radical (unpaired) electrons. The molecule has 2 aliphatic rings. The predicted molar refractivity (Wildman–Crippen MR) is 121 cm³/mol. The fraction of sp³-hybridized carbons (Fsp3) is 0.375. The summed E-state index contributed by atoms with van der Waals surface area (Å²) in [6.45, 7) is 0.662. The zero-order valence-electron chi connectivity index (χ0n) is 17.1. The van der Waals surface area contributed by atoms with E-state index in [0.29, 0.717) is 23.0 Å². The van der Waals surface area contributed by atoms with Crippen LogP contribution in [0.3, 0.4) is 0 Å². The molecule has 3 atom stereocenters. The van der Waals surface area contributed by atoms with E-state index in [4.69, 9.17) is 12.2 Å². The quantitative estimate of drug-likeness (QED) is 0.567. The molecule has 2 aliphatic carbocycles. The number of aromatic amines is 1. The minimum Gasteiger partial charge on any atom is -0.352 e. The van der Waals surface area contributed by atoms with Crippen LogP contribution in [-0.4, -0.2) is 22.0 Å². The molecule has 0 aliphatic heterocycles. The lowest BCUT2D eigenvalue weighted by molar-refractivity contribution is 0.0950. The van der Waals surface area contributed by atoms with Crippen molar-refractivity contribution in [2.24, 2.45) is 17.8 Å². The van der Waals surface area contributed by atoms with Crippen LogP contribution in [0.2, 0.25) is 0 Å². The standard InChI is InChI=1S/C24H24FN3O2S/c25-19-3-1-2-4-21(19)28-23(30)18-8-7-17(13-20(18)27-24(28)31)22(29)26-10-9-16-12-14-5-6-15(16)11-14/h1-4,7-8,13-16H,5-6,9-12H2,(H,26,29)(H,27,31). The summed E-state index contributed by atoms with van der Waals surface area (Å²) < 4.78 is 15.4. The molecule has 160 valence electrons. The molecule has 0 spiro atoms. The molecule has 2 fully saturated rings. The van der Waals surface area contributed by atoms with E-state index in [1.54, 1.807) is 30.3 Å². The number of amides is 1. The molecule has 3 unspecified atom stereocenters. The first kappa shape index (κ1) is 20.1. The maximum absolute atomic E-state index is 14.2. The topological polar surface area (TPSA) is 66.9 Å². The lowest BCUT2D eigenvalue weighted by Gasteiger charge is -2.21. The van der Waals surface area contributed by atoms with Gasteiger partial charge in [0.2, 0.25) is 0 Å². The summed E-state index contributed by atoms with van der Waals surface area (Å²) in [5.41, 5.74) is 0.600. The molecule has 1 aromatic heterocycles. The van der Waals surface area contributed by atoms with Crippen LogP contribution in [0.25, 0.3) is 16.6 Å². The summed E-state index contributed by atoms with van der Waals surface area (Å²) in [7, 11) is 0. The van der Waals surface area contributed by atoms with Crippen LogP contribution in [0.15, 0.2) is 47.3 Å². The monoisotopic (exact) mass is 437 g/mol. The highest BCUT2D eigenvalue weighted by molar-refractivity contribution is 7.71. The van der Waals surface area contributed by atoms with Gasteiger partial charge in [-0.15, -0.1) is 0 Å². The van der Waals surface area contributed by atoms with Crippen molar-refractivity contribution in [2.45, 2.75) is 32.1 Å². The lowest BCUT2D eigenvalue weighted by atomic mass is 9.86. The highest BCUT2D eigenvalue weighted by Crippen LogP contribution is 2.49. The third-order valence-electron chi connectivity index (χ3n) is 6.94. The maximum Gasteiger partial charge on any atom is 0.266 e. The second-order valence-corrected chi connectivity index (χ2v) is 9.15. The molecule has 7 heteroatoms. The number of nitrogens with one attached hydrogen (secondary N) is 2. The number of nitrogens with zero attached hydrogens (tertiary/aromatic N) is 1. The highest BCUT2D eigenvalue weighted by Gasteiger charge is 2.38. The van der Waals surface area contributed by atoms with Crippen LogP contribution in [0.1, 0.15) is 42.5 Å². The third kappa shape index (κ3) is 3.71. The average Bonchev–Trinajstić information content (AvgIpc) is 3.38. The molecule has 2 saturated carbocycles. The van der Waals surface area contributed by atoms with Crippen molar-refractivity contribution < 1.29 is 9.18 Å². The summed E-state index contributed by atoms with van der Waals surface area (Å²) in [5.74, 6) is 1.79. The van der Waals surface area contributed by atoms with Crippen molar-refractivity contribution in [3.63, 3.8) is 0 Å². The molecule has 5 nitrogen and oxygen atoms in total. The van der Waals surface area contributed by atoms with Gasteiger partial charge in [-0.05, 0) is 86.0 Å². The summed E-state index contributed by atoms with van der Waals surface area (Å²) in [6.07, 6.45) is 6.42. The number of benzene rings is 2. The molecule has 3 aromatic rings. The zero-order valence-corrected chi connectivity index (χ0v) is 17.9. The predicted octanol–water partition coefficient (Wildman–Crippen LogP) is 4.74. The molecule has 31 heavy (non-hydrogen) atoms. The second kappa shape index (κ2) is 8.04. The Bertz CT molecular complexity index is 1280. The lowest BCUT2D eigenvalue weighted by Crippen LogP contribution is -2.27. The van der Waals surface area contributed by atoms with Crippen molar-refractivity contribution in [3.05, 3.63) is 69.0 Å². The van der Waals surface area contributed by atoms with Gasteiger partial charge in [0.15, 0.2) is 4.77 Å². The number of hydrogen-bond donors (Lipinski definition) is 2. The smallest absolute Gasteiger partial charge is 0.266 e. The average molecular weight is 438 g/mol. The summed E-state index contributed by atoms with van der Waals surface area (Å²) >= 11 is 5.31. The molecule has 5 rings (SSSR count). The molecule has 2 N–H and O–H groups in total. The Balaban J connectivity index is 1.36. The van der Waals surface area contributed by atoms with E-state index < -0.39 is 11.4 Å². The Morgan fingerprint density at radius 3 is 2.77 bits per heavy atom. The molecule has 2 aromatic carbocycles. The van der Waals surface area contributed by atoms with E-state index in [-0.39, 0.29) is 16.4 Å². The highest BCUT2D eigenvalue weighted by atomic mass is 32.1. The number of para-hydroxylation sites is 1. The van der Waals surface area contributed by atoms with Crippen molar-refractivity contribution in [1.82, 2.24) is 14.9 Å². The van der Waals surface area contributed by atoms with E-state index >= 15 is 0 Å². The molecule has 1 heterocycles. The first-order valence-electron chi connectivity index (χ1n) is 10.8. The summed E-state index contributed by atoms with van der Waals surface area (Å²) in [5, 5.41) is 3.36. The van der Waals surface area contributed by atoms with Crippen LogP contribution in [0.4, 0.5) is 4.39 Å². The van der Waals surface area contributed by atoms with E-state index in [1.165, 1.54) is 37.8 Å². The van der Waals surface area contributed by atoms with Gasteiger partial charge in [-0.25, -0.2) is 8.96 Å². The SMILES string of the molecule is O=C(NCCC1CC2CCC1C2)c1ccc2c(=O)n(-c3ccccc3F)c(=S)[nH]c2c1. The number of aromatic nitrogens is 2. The Kier molecular flexibility index (Phi) is 5.22. The van der Waals surface area contributed by atoms with Gasteiger partial charge in [0.1, 0.15) is 5.82 Å². The van der Waals surface area contributed by atoms with Gasteiger partial charge >= 0.3 is 0 Å². The van der Waals surface area contributed by atoms with Crippen molar-refractivity contribution in [3.8, 4) is 5.69 Å². The van der Waals surface area contributed by atoms with Gasteiger partial charge in [0, 0.05) is 12.1 Å². The van der Waals surface area contributed by atoms with Crippen LogP contribution >= 0.6 is 12.2 Å². The summed E-state index contributed by atoms with van der Waals surface area (Å²) in [4.78, 5) is 28.6. The number of rotatable bonds is 5. The van der Waals surface area contributed by atoms with Gasteiger partial charge in [-0.3, -0.25) is 9.59 Å². The number of fused-ring (bicyclic) bond motifs is 3. The van der Waals surface area contributed by atoms with E-state index in [0.717, 1.165) is 28.7 Å². The number of carbonyl (C=O) groups excluding carboxylic acids is 1. The minimum atomic E-state index is -0.532. The normalized spacial score (nSPS) is 22.2. The first-order chi connectivity index (χ1) is 15.0. The third-order valence-corrected chi connectivity index (χ3v) is 7.22. The molecular weight excluding hydrogens is 413 g/mol.